The number of aliphatic hydroxyl groups is 1. The van der Waals surface area contributed by atoms with Crippen molar-refractivity contribution in [2.75, 3.05) is 0 Å². The molecule has 1 N–H and O–H groups in total. The van der Waals surface area contributed by atoms with E-state index in [1.807, 2.05) is 18.2 Å². The molecule has 2 aliphatic rings. The van der Waals surface area contributed by atoms with Crippen LogP contribution in [0.2, 0.25) is 5.02 Å². The van der Waals surface area contributed by atoms with E-state index in [-0.39, 0.29) is 6.10 Å². The van der Waals surface area contributed by atoms with Crippen LogP contribution >= 0.6 is 11.6 Å². The summed E-state index contributed by atoms with van der Waals surface area (Å²) in [6, 6.07) is 5.53. The van der Waals surface area contributed by atoms with Crippen LogP contribution in [-0.4, -0.2) is 11.2 Å². The first-order valence-electron chi connectivity index (χ1n) is 6.88. The fourth-order valence-corrected chi connectivity index (χ4v) is 3.42. The monoisotopic (exact) mass is 266 g/mol. The second kappa shape index (κ2) is 5.10. The highest BCUT2D eigenvalue weighted by molar-refractivity contribution is 6.30. The van der Waals surface area contributed by atoms with E-state index < -0.39 is 6.10 Å². The average Bonchev–Trinajstić information content (AvgIpc) is 2.40. The van der Waals surface area contributed by atoms with Crippen molar-refractivity contribution in [1.29, 1.82) is 0 Å². The fourth-order valence-electron chi connectivity index (χ4n) is 3.24. The summed E-state index contributed by atoms with van der Waals surface area (Å²) in [4.78, 5) is 0. The van der Waals surface area contributed by atoms with Gasteiger partial charge >= 0.3 is 0 Å². The normalized spacial score (nSPS) is 28.6. The fraction of sp³-hybridized carbons (Fsp3) is 0.600. The highest BCUT2D eigenvalue weighted by atomic mass is 35.5. The number of fused-ring (bicyclic) bond motifs is 1. The van der Waals surface area contributed by atoms with E-state index in [1.54, 1.807) is 0 Å². The van der Waals surface area contributed by atoms with Crippen molar-refractivity contribution in [3.63, 3.8) is 0 Å². The third-order valence-electron chi connectivity index (χ3n) is 4.24. The Morgan fingerprint density at radius 2 is 1.94 bits per heavy atom. The van der Waals surface area contributed by atoms with Crippen LogP contribution in [0.25, 0.3) is 0 Å². The quantitative estimate of drug-likeness (QED) is 0.829. The Balaban J connectivity index is 1.80. The zero-order chi connectivity index (χ0) is 12.5. The first-order valence-corrected chi connectivity index (χ1v) is 7.26. The Kier molecular flexibility index (Phi) is 3.49. The molecule has 1 heterocycles. The maximum absolute atomic E-state index is 10.2. The molecule has 1 aromatic rings. The van der Waals surface area contributed by atoms with E-state index in [1.165, 1.54) is 32.1 Å². The van der Waals surface area contributed by atoms with Gasteiger partial charge in [0, 0.05) is 17.0 Å². The van der Waals surface area contributed by atoms with Crippen molar-refractivity contribution in [3.8, 4) is 5.75 Å². The molecule has 1 aliphatic carbocycles. The second-order valence-electron chi connectivity index (χ2n) is 5.49. The van der Waals surface area contributed by atoms with Crippen LogP contribution in [0.4, 0.5) is 0 Å². The minimum absolute atomic E-state index is 0.175. The predicted molar refractivity (Wildman–Crippen MR) is 72.0 cm³/mol. The summed E-state index contributed by atoms with van der Waals surface area (Å²) in [7, 11) is 0. The third kappa shape index (κ3) is 2.36. The van der Waals surface area contributed by atoms with E-state index >= 15 is 0 Å². The van der Waals surface area contributed by atoms with Crippen LogP contribution in [0.1, 0.15) is 50.2 Å². The molecule has 0 amide bonds. The van der Waals surface area contributed by atoms with Gasteiger partial charge in [-0.15, -0.1) is 0 Å². The summed E-state index contributed by atoms with van der Waals surface area (Å²) in [6.07, 6.45) is 6.87. The van der Waals surface area contributed by atoms with Gasteiger partial charge in [0.05, 0.1) is 6.10 Å². The minimum Gasteiger partial charge on any atom is -0.490 e. The summed E-state index contributed by atoms with van der Waals surface area (Å²) in [5.74, 6) is 1.42. The Hall–Kier alpha value is -0.730. The Morgan fingerprint density at radius 1 is 1.17 bits per heavy atom. The highest BCUT2D eigenvalue weighted by Gasteiger charge is 2.33. The summed E-state index contributed by atoms with van der Waals surface area (Å²) < 4.78 is 6.08. The van der Waals surface area contributed by atoms with Gasteiger partial charge in [-0.2, -0.15) is 0 Å². The molecule has 2 nitrogen and oxygen atoms in total. The zero-order valence-electron chi connectivity index (χ0n) is 10.4. The SMILES string of the molecule is OC1CC(C2CCCCC2)Oc2ccc(Cl)cc21. The topological polar surface area (TPSA) is 29.5 Å². The summed E-state index contributed by atoms with van der Waals surface area (Å²) >= 11 is 5.96. The minimum atomic E-state index is -0.431. The van der Waals surface area contributed by atoms with Gasteiger partial charge in [-0.1, -0.05) is 30.9 Å². The number of benzene rings is 1. The molecule has 2 atom stereocenters. The summed E-state index contributed by atoms with van der Waals surface area (Å²) in [5.41, 5.74) is 0.842. The van der Waals surface area contributed by atoms with Crippen LogP contribution in [0.5, 0.6) is 5.75 Å². The number of ether oxygens (including phenoxy) is 1. The number of hydrogen-bond acceptors (Lipinski definition) is 2. The van der Waals surface area contributed by atoms with Gasteiger partial charge < -0.3 is 9.84 Å². The highest BCUT2D eigenvalue weighted by Crippen LogP contribution is 2.41. The molecule has 0 radical (unpaired) electrons. The van der Waals surface area contributed by atoms with Crippen LogP contribution in [0.3, 0.4) is 0 Å². The van der Waals surface area contributed by atoms with Gasteiger partial charge in [-0.25, -0.2) is 0 Å². The third-order valence-corrected chi connectivity index (χ3v) is 4.48. The van der Waals surface area contributed by atoms with Crippen molar-refractivity contribution >= 4 is 11.6 Å². The largest absolute Gasteiger partial charge is 0.490 e. The molecule has 1 aliphatic heterocycles. The van der Waals surface area contributed by atoms with Gasteiger partial charge in [0.25, 0.3) is 0 Å². The van der Waals surface area contributed by atoms with Gasteiger partial charge in [0.1, 0.15) is 11.9 Å². The summed E-state index contributed by atoms with van der Waals surface area (Å²) in [5, 5.41) is 10.9. The van der Waals surface area contributed by atoms with Crippen molar-refractivity contribution in [1.82, 2.24) is 0 Å². The van der Waals surface area contributed by atoms with Crippen LogP contribution in [-0.2, 0) is 0 Å². The van der Waals surface area contributed by atoms with Crippen LogP contribution in [0.15, 0.2) is 18.2 Å². The molecule has 1 aromatic carbocycles. The van der Waals surface area contributed by atoms with E-state index in [0.717, 1.165) is 11.3 Å². The second-order valence-corrected chi connectivity index (χ2v) is 5.92. The molecule has 1 fully saturated rings. The summed E-state index contributed by atoms with van der Waals surface area (Å²) in [6.45, 7) is 0. The Morgan fingerprint density at radius 3 is 2.72 bits per heavy atom. The molecule has 0 aromatic heterocycles. The predicted octanol–water partition coefficient (Wildman–Crippen LogP) is 4.10. The molecule has 3 heteroatoms. The molecule has 1 saturated carbocycles. The van der Waals surface area contributed by atoms with Gasteiger partial charge in [0.2, 0.25) is 0 Å². The zero-order valence-corrected chi connectivity index (χ0v) is 11.2. The van der Waals surface area contributed by atoms with E-state index in [9.17, 15) is 5.11 Å². The molecular weight excluding hydrogens is 248 g/mol. The first-order chi connectivity index (χ1) is 8.74. The number of rotatable bonds is 1. The molecule has 0 saturated heterocycles. The molecule has 0 bridgehead atoms. The van der Waals surface area contributed by atoms with E-state index in [4.69, 9.17) is 16.3 Å². The van der Waals surface area contributed by atoms with Crippen molar-refractivity contribution in [2.45, 2.75) is 50.7 Å². The maximum atomic E-state index is 10.2. The lowest BCUT2D eigenvalue weighted by molar-refractivity contribution is 0.0234. The molecule has 0 spiro atoms. The average molecular weight is 267 g/mol. The lowest BCUT2D eigenvalue weighted by Crippen LogP contribution is -2.34. The van der Waals surface area contributed by atoms with Gasteiger partial charge in [0.15, 0.2) is 0 Å². The van der Waals surface area contributed by atoms with Crippen molar-refractivity contribution in [2.24, 2.45) is 5.92 Å². The van der Waals surface area contributed by atoms with Crippen molar-refractivity contribution < 1.29 is 9.84 Å². The Labute approximate surface area is 113 Å². The molecule has 3 rings (SSSR count). The number of aliphatic hydroxyl groups excluding tert-OH is 1. The molecule has 18 heavy (non-hydrogen) atoms. The number of halogens is 1. The first kappa shape index (κ1) is 12.3. The van der Waals surface area contributed by atoms with Crippen LogP contribution in [0, 0.1) is 5.92 Å². The van der Waals surface area contributed by atoms with E-state index in [2.05, 4.69) is 0 Å². The Bertz CT molecular complexity index is 427. The molecule has 2 unspecified atom stereocenters. The van der Waals surface area contributed by atoms with Gasteiger partial charge in [-0.05, 0) is 37.0 Å². The lowest BCUT2D eigenvalue weighted by atomic mass is 9.81. The van der Waals surface area contributed by atoms with Crippen LogP contribution < -0.4 is 4.74 Å². The standard InChI is InChI=1S/C15H19ClO2/c16-11-6-7-14-12(8-11)13(17)9-15(18-14)10-4-2-1-3-5-10/h6-8,10,13,15,17H,1-5,9H2. The molecule has 98 valence electrons. The maximum Gasteiger partial charge on any atom is 0.125 e. The molecular formula is C15H19ClO2. The van der Waals surface area contributed by atoms with Crippen molar-refractivity contribution in [3.05, 3.63) is 28.8 Å². The smallest absolute Gasteiger partial charge is 0.125 e. The lowest BCUT2D eigenvalue weighted by Gasteiger charge is -2.36. The van der Waals surface area contributed by atoms with E-state index in [0.29, 0.717) is 17.4 Å². The number of hydrogen-bond donors (Lipinski definition) is 1. The van der Waals surface area contributed by atoms with Gasteiger partial charge in [-0.3, -0.25) is 0 Å².